The quantitative estimate of drug-likeness (QED) is 0.611. The van der Waals surface area contributed by atoms with Crippen molar-refractivity contribution in [3.8, 4) is 0 Å². The van der Waals surface area contributed by atoms with Crippen molar-refractivity contribution in [2.45, 2.75) is 19.9 Å². The van der Waals surface area contributed by atoms with E-state index in [9.17, 15) is 4.79 Å². The van der Waals surface area contributed by atoms with Gasteiger partial charge in [0.2, 0.25) is 0 Å². The maximum absolute atomic E-state index is 12.6. The number of nitrogens with zero attached hydrogens (tertiary/aromatic N) is 1. The highest BCUT2D eigenvalue weighted by Gasteiger charge is 2.36. The van der Waals surface area contributed by atoms with E-state index < -0.39 is 0 Å². The second-order valence-electron chi connectivity index (χ2n) is 5.09. The largest absolute Gasteiger partial charge is 0.462 e. The Labute approximate surface area is 139 Å². The molecule has 1 aromatic heterocycles. The van der Waals surface area contributed by atoms with E-state index in [0.717, 1.165) is 11.3 Å². The van der Waals surface area contributed by atoms with Crippen LogP contribution in [0.2, 0.25) is 0 Å². The lowest BCUT2D eigenvalue weighted by Crippen LogP contribution is -2.30. The van der Waals surface area contributed by atoms with Gasteiger partial charge in [0.05, 0.1) is 10.9 Å². The predicted molar refractivity (Wildman–Crippen MR) is 93.3 cm³/mol. The van der Waals surface area contributed by atoms with Crippen LogP contribution in [0.15, 0.2) is 51.8 Å². The van der Waals surface area contributed by atoms with Crippen LogP contribution in [-0.4, -0.2) is 15.1 Å². The molecule has 1 atom stereocenters. The number of hydrogen-bond acceptors (Lipinski definition) is 4. The van der Waals surface area contributed by atoms with Gasteiger partial charge in [-0.15, -0.1) is 0 Å². The van der Waals surface area contributed by atoms with Gasteiger partial charge in [-0.2, -0.15) is 0 Å². The Morgan fingerprint density at radius 2 is 1.95 bits per heavy atom. The lowest BCUT2D eigenvalue weighted by Gasteiger charge is -2.23. The van der Waals surface area contributed by atoms with E-state index in [1.807, 2.05) is 56.3 Å². The molecule has 0 unspecified atom stereocenters. The zero-order chi connectivity index (χ0) is 15.7. The van der Waals surface area contributed by atoms with Gasteiger partial charge in [-0.1, -0.05) is 54.3 Å². The molecule has 1 saturated heterocycles. The van der Waals surface area contributed by atoms with Crippen LogP contribution in [0.4, 0.5) is 0 Å². The second kappa shape index (κ2) is 6.10. The molecule has 1 aliphatic heterocycles. The number of thiocarbonyl (C=S) groups is 1. The number of rotatable bonds is 3. The Hall–Kier alpha value is -1.85. The zero-order valence-electron chi connectivity index (χ0n) is 12.3. The molecule has 1 aromatic carbocycles. The number of furan rings is 1. The van der Waals surface area contributed by atoms with Crippen LogP contribution in [0.25, 0.3) is 6.08 Å². The first kappa shape index (κ1) is 15.1. The molecule has 0 spiro atoms. The van der Waals surface area contributed by atoms with Crippen molar-refractivity contribution in [1.29, 1.82) is 0 Å². The number of hydrogen-bond donors (Lipinski definition) is 0. The molecule has 0 radical (unpaired) electrons. The highest BCUT2D eigenvalue weighted by Crippen LogP contribution is 2.38. The molecule has 0 aliphatic carbocycles. The number of amides is 1. The van der Waals surface area contributed by atoms with Crippen molar-refractivity contribution in [2.24, 2.45) is 0 Å². The van der Waals surface area contributed by atoms with Crippen LogP contribution >= 0.6 is 24.0 Å². The van der Waals surface area contributed by atoms with E-state index in [4.69, 9.17) is 16.6 Å². The fraction of sp³-hybridized carbons (Fsp3) is 0.176. The molecule has 3 nitrogen and oxygen atoms in total. The molecule has 112 valence electrons. The van der Waals surface area contributed by atoms with Crippen LogP contribution in [0.1, 0.15) is 30.0 Å². The summed E-state index contributed by atoms with van der Waals surface area (Å²) in [5.74, 6) is 1.42. The van der Waals surface area contributed by atoms with Gasteiger partial charge in [0.1, 0.15) is 15.8 Å². The summed E-state index contributed by atoms with van der Waals surface area (Å²) in [6.07, 6.45) is 1.75. The number of thioether (sulfide) groups is 1. The smallest absolute Gasteiger partial charge is 0.266 e. The Morgan fingerprint density at radius 1 is 1.23 bits per heavy atom. The third kappa shape index (κ3) is 2.87. The van der Waals surface area contributed by atoms with E-state index >= 15 is 0 Å². The fourth-order valence-corrected chi connectivity index (χ4v) is 3.75. The molecule has 0 bridgehead atoms. The summed E-state index contributed by atoms with van der Waals surface area (Å²) < 4.78 is 6.09. The minimum atomic E-state index is -0.0852. The SMILES string of the molecule is Cc1ccc(/C=C2\SC(=S)N([C@@H](C)c3ccccc3)C2=O)o1. The average molecular weight is 329 g/mol. The molecule has 3 rings (SSSR count). The summed E-state index contributed by atoms with van der Waals surface area (Å²) in [7, 11) is 0. The predicted octanol–water partition coefficient (Wildman–Crippen LogP) is 4.55. The van der Waals surface area contributed by atoms with E-state index in [1.54, 1.807) is 11.0 Å². The normalized spacial score (nSPS) is 18.3. The van der Waals surface area contributed by atoms with Crippen molar-refractivity contribution < 1.29 is 9.21 Å². The van der Waals surface area contributed by atoms with Gasteiger partial charge in [0.15, 0.2) is 0 Å². The van der Waals surface area contributed by atoms with Crippen molar-refractivity contribution >= 4 is 40.3 Å². The molecule has 22 heavy (non-hydrogen) atoms. The van der Waals surface area contributed by atoms with Gasteiger partial charge < -0.3 is 4.42 Å². The summed E-state index contributed by atoms with van der Waals surface area (Å²) in [6, 6.07) is 13.5. The molecule has 0 N–H and O–H groups in total. The standard InChI is InChI=1S/C17H15NO2S2/c1-11-8-9-14(20-11)10-15-16(19)18(17(21)22-15)12(2)13-6-4-3-5-7-13/h3-10,12H,1-2H3/b15-10-/t12-/m0/s1. The highest BCUT2D eigenvalue weighted by molar-refractivity contribution is 8.26. The molecule has 1 fully saturated rings. The first-order valence-electron chi connectivity index (χ1n) is 6.94. The summed E-state index contributed by atoms with van der Waals surface area (Å²) in [6.45, 7) is 3.86. The van der Waals surface area contributed by atoms with Gasteiger partial charge in [-0.25, -0.2) is 0 Å². The zero-order valence-corrected chi connectivity index (χ0v) is 13.9. The number of carbonyl (C=O) groups is 1. The van der Waals surface area contributed by atoms with Gasteiger partial charge in [0, 0.05) is 6.08 Å². The van der Waals surface area contributed by atoms with Crippen LogP contribution < -0.4 is 0 Å². The molecule has 1 amide bonds. The first-order valence-corrected chi connectivity index (χ1v) is 8.17. The molecular weight excluding hydrogens is 314 g/mol. The van der Waals surface area contributed by atoms with E-state index in [0.29, 0.717) is 15.0 Å². The monoisotopic (exact) mass is 329 g/mol. The van der Waals surface area contributed by atoms with Crippen LogP contribution in [-0.2, 0) is 4.79 Å². The van der Waals surface area contributed by atoms with Crippen molar-refractivity contribution in [2.75, 3.05) is 0 Å². The minimum absolute atomic E-state index is 0.0691. The van der Waals surface area contributed by atoms with E-state index in [2.05, 4.69) is 0 Å². The Morgan fingerprint density at radius 3 is 2.59 bits per heavy atom. The molecule has 2 aromatic rings. The summed E-state index contributed by atoms with van der Waals surface area (Å²) in [5.41, 5.74) is 1.06. The van der Waals surface area contributed by atoms with Crippen LogP contribution in [0.3, 0.4) is 0 Å². The van der Waals surface area contributed by atoms with Crippen molar-refractivity contribution in [3.05, 3.63) is 64.5 Å². The fourth-order valence-electron chi connectivity index (χ4n) is 2.35. The topological polar surface area (TPSA) is 33.5 Å². The highest BCUT2D eigenvalue weighted by atomic mass is 32.2. The average Bonchev–Trinajstić information content (AvgIpc) is 3.03. The third-order valence-electron chi connectivity index (χ3n) is 3.53. The molecular formula is C17H15NO2S2. The summed E-state index contributed by atoms with van der Waals surface area (Å²) in [4.78, 5) is 14.9. The molecule has 2 heterocycles. The van der Waals surface area contributed by atoms with E-state index in [-0.39, 0.29) is 11.9 Å². The second-order valence-corrected chi connectivity index (χ2v) is 6.76. The molecule has 5 heteroatoms. The van der Waals surface area contributed by atoms with E-state index in [1.165, 1.54) is 11.8 Å². The lowest BCUT2D eigenvalue weighted by molar-refractivity contribution is -0.123. The van der Waals surface area contributed by atoms with Gasteiger partial charge in [0.25, 0.3) is 5.91 Å². The summed E-state index contributed by atoms with van der Waals surface area (Å²) >= 11 is 6.71. The van der Waals surface area contributed by atoms with Gasteiger partial charge >= 0.3 is 0 Å². The molecule has 1 aliphatic rings. The Balaban J connectivity index is 1.87. The maximum atomic E-state index is 12.6. The maximum Gasteiger partial charge on any atom is 0.266 e. The van der Waals surface area contributed by atoms with Crippen molar-refractivity contribution in [3.63, 3.8) is 0 Å². The Kier molecular flexibility index (Phi) is 4.18. The number of carbonyl (C=O) groups excluding carboxylic acids is 1. The number of benzene rings is 1. The van der Waals surface area contributed by atoms with Gasteiger partial charge in [-0.3, -0.25) is 9.69 Å². The number of aryl methyl sites for hydroxylation is 1. The Bertz CT molecular complexity index is 749. The summed E-state index contributed by atoms with van der Waals surface area (Å²) in [5, 5.41) is 0. The lowest BCUT2D eigenvalue weighted by atomic mass is 10.1. The van der Waals surface area contributed by atoms with Crippen LogP contribution in [0.5, 0.6) is 0 Å². The van der Waals surface area contributed by atoms with Crippen molar-refractivity contribution in [1.82, 2.24) is 4.90 Å². The first-order chi connectivity index (χ1) is 10.6. The van der Waals surface area contributed by atoms with Crippen LogP contribution in [0, 0.1) is 6.92 Å². The van der Waals surface area contributed by atoms with Gasteiger partial charge in [-0.05, 0) is 31.5 Å². The molecule has 0 saturated carbocycles. The third-order valence-corrected chi connectivity index (χ3v) is 4.86. The minimum Gasteiger partial charge on any atom is -0.462 e.